The zero-order valence-corrected chi connectivity index (χ0v) is 23.5. The number of carbonyl (C=O) groups is 3. The van der Waals surface area contributed by atoms with E-state index in [0.717, 1.165) is 10.1 Å². The fourth-order valence-electron chi connectivity index (χ4n) is 4.09. The van der Waals surface area contributed by atoms with Crippen LogP contribution in [-0.4, -0.2) is 65.0 Å². The second-order valence-corrected chi connectivity index (χ2v) is 12.6. The molecule has 38 heavy (non-hydrogen) atoms. The number of nitrogens with one attached hydrogen (secondary N) is 2. The number of ether oxygens (including phenoxy) is 1. The van der Waals surface area contributed by atoms with Gasteiger partial charge >= 0.3 is 0 Å². The Labute approximate surface area is 231 Å². The summed E-state index contributed by atoms with van der Waals surface area (Å²) in [5.41, 5.74) is 1.19. The van der Waals surface area contributed by atoms with Gasteiger partial charge in [0.25, 0.3) is 5.91 Å². The van der Waals surface area contributed by atoms with Gasteiger partial charge in [-0.05, 0) is 43.2 Å². The first kappa shape index (κ1) is 27.8. The first-order chi connectivity index (χ1) is 18.1. The van der Waals surface area contributed by atoms with E-state index >= 15 is 0 Å². The second-order valence-electron chi connectivity index (χ2n) is 10.3. The van der Waals surface area contributed by atoms with Crippen molar-refractivity contribution in [3.63, 3.8) is 0 Å². The highest BCUT2D eigenvalue weighted by molar-refractivity contribution is 8.01. The Bertz CT molecular complexity index is 1210. The van der Waals surface area contributed by atoms with E-state index < -0.39 is 0 Å². The monoisotopic (exact) mass is 555 g/mol. The van der Waals surface area contributed by atoms with Gasteiger partial charge in [-0.1, -0.05) is 38.7 Å². The van der Waals surface area contributed by atoms with E-state index in [-0.39, 0.29) is 35.2 Å². The lowest BCUT2D eigenvalue weighted by atomic mass is 9.89. The van der Waals surface area contributed by atoms with Crippen LogP contribution in [0.4, 0.5) is 10.8 Å². The number of aromatic nitrogens is 1. The molecule has 1 aromatic carbocycles. The number of likely N-dealkylation sites (tertiary alicyclic amines) is 1. The molecule has 0 radical (unpaired) electrons. The molecule has 2 aliphatic heterocycles. The summed E-state index contributed by atoms with van der Waals surface area (Å²) in [4.78, 5) is 47.8. The SMILES string of the molecule is C=CC(=O)Nc1ccc(C(=O)N2CCC(C(=O)Nc3ncc(SCC4=NCC(C(C)(C)C)O4)s3)CC2)cc1. The van der Waals surface area contributed by atoms with Crippen molar-refractivity contribution in [1.29, 1.82) is 0 Å². The van der Waals surface area contributed by atoms with Gasteiger partial charge in [-0.3, -0.25) is 19.4 Å². The quantitative estimate of drug-likeness (QED) is 0.361. The Balaban J connectivity index is 1.21. The van der Waals surface area contributed by atoms with Crippen molar-refractivity contribution >= 4 is 57.5 Å². The first-order valence-corrected chi connectivity index (χ1v) is 14.3. The van der Waals surface area contributed by atoms with Gasteiger partial charge in [0.2, 0.25) is 11.8 Å². The molecule has 3 amide bonds. The van der Waals surface area contributed by atoms with Crippen molar-refractivity contribution < 1.29 is 19.1 Å². The molecule has 4 rings (SSSR count). The maximum atomic E-state index is 12.9. The summed E-state index contributed by atoms with van der Waals surface area (Å²) in [6.07, 6.45) is 4.23. The molecule has 0 saturated carbocycles. The Morgan fingerprint density at radius 1 is 1.18 bits per heavy atom. The largest absolute Gasteiger partial charge is 0.475 e. The van der Waals surface area contributed by atoms with Crippen LogP contribution >= 0.6 is 23.1 Å². The number of rotatable bonds is 8. The molecule has 0 aliphatic carbocycles. The van der Waals surface area contributed by atoms with Gasteiger partial charge in [0.05, 0.1) is 22.7 Å². The van der Waals surface area contributed by atoms with Gasteiger partial charge in [0, 0.05) is 35.7 Å². The highest BCUT2D eigenvalue weighted by Gasteiger charge is 2.31. The molecule has 0 spiro atoms. The minimum absolute atomic E-state index is 0.0541. The molecule has 1 aromatic heterocycles. The summed E-state index contributed by atoms with van der Waals surface area (Å²) in [5, 5.41) is 6.17. The third kappa shape index (κ3) is 7.22. The van der Waals surface area contributed by atoms with E-state index in [1.54, 1.807) is 47.1 Å². The molecule has 1 saturated heterocycles. The van der Waals surface area contributed by atoms with Crippen LogP contribution in [0.5, 0.6) is 0 Å². The van der Waals surface area contributed by atoms with Crippen LogP contribution in [0.3, 0.4) is 0 Å². The number of anilines is 2. The van der Waals surface area contributed by atoms with Crippen LogP contribution in [-0.2, 0) is 14.3 Å². The Hall–Kier alpha value is -3.18. The average molecular weight is 556 g/mol. The van der Waals surface area contributed by atoms with E-state index in [4.69, 9.17) is 4.74 Å². The van der Waals surface area contributed by atoms with Crippen molar-refractivity contribution in [2.75, 3.05) is 36.0 Å². The predicted molar refractivity (Wildman–Crippen MR) is 152 cm³/mol. The van der Waals surface area contributed by atoms with E-state index in [1.165, 1.54) is 17.4 Å². The Morgan fingerprint density at radius 2 is 1.89 bits per heavy atom. The maximum absolute atomic E-state index is 12.9. The lowest BCUT2D eigenvalue weighted by molar-refractivity contribution is -0.121. The molecule has 11 heteroatoms. The number of hydrogen-bond donors (Lipinski definition) is 2. The van der Waals surface area contributed by atoms with Gasteiger partial charge in [0.15, 0.2) is 11.0 Å². The molecular weight excluding hydrogens is 522 g/mol. The van der Waals surface area contributed by atoms with Crippen LogP contribution in [0.2, 0.25) is 0 Å². The number of thioether (sulfide) groups is 1. The lowest BCUT2D eigenvalue weighted by Crippen LogP contribution is -2.41. The maximum Gasteiger partial charge on any atom is 0.253 e. The number of piperidine rings is 1. The third-order valence-electron chi connectivity index (χ3n) is 6.47. The number of aliphatic imine (C=N–C) groups is 1. The molecule has 202 valence electrons. The van der Waals surface area contributed by atoms with Crippen molar-refractivity contribution in [2.24, 2.45) is 16.3 Å². The highest BCUT2D eigenvalue weighted by atomic mass is 32.2. The van der Waals surface area contributed by atoms with Gasteiger partial charge < -0.3 is 20.3 Å². The van der Waals surface area contributed by atoms with Crippen LogP contribution in [0, 0.1) is 11.3 Å². The summed E-state index contributed by atoms with van der Waals surface area (Å²) in [7, 11) is 0. The average Bonchev–Trinajstić information content (AvgIpc) is 3.57. The van der Waals surface area contributed by atoms with E-state index in [1.807, 2.05) is 0 Å². The summed E-state index contributed by atoms with van der Waals surface area (Å²) in [6, 6.07) is 6.75. The second kappa shape index (κ2) is 12.1. The number of nitrogens with zero attached hydrogens (tertiary/aromatic N) is 3. The summed E-state index contributed by atoms with van der Waals surface area (Å²) < 4.78 is 6.96. The van der Waals surface area contributed by atoms with Crippen LogP contribution in [0.1, 0.15) is 44.0 Å². The molecule has 0 bridgehead atoms. The lowest BCUT2D eigenvalue weighted by Gasteiger charge is -2.31. The van der Waals surface area contributed by atoms with Crippen LogP contribution < -0.4 is 10.6 Å². The number of hydrogen-bond acceptors (Lipinski definition) is 8. The molecule has 1 fully saturated rings. The number of benzene rings is 1. The molecule has 2 aromatic rings. The molecule has 3 heterocycles. The van der Waals surface area contributed by atoms with Crippen molar-refractivity contribution in [3.05, 3.63) is 48.7 Å². The molecule has 2 N–H and O–H groups in total. The van der Waals surface area contributed by atoms with E-state index in [0.29, 0.717) is 54.6 Å². The Morgan fingerprint density at radius 3 is 2.53 bits per heavy atom. The van der Waals surface area contributed by atoms with E-state index in [2.05, 4.69) is 48.0 Å². The number of carbonyl (C=O) groups excluding carboxylic acids is 3. The predicted octanol–water partition coefficient (Wildman–Crippen LogP) is 4.69. The Kier molecular flexibility index (Phi) is 8.88. The van der Waals surface area contributed by atoms with Crippen LogP contribution in [0.25, 0.3) is 0 Å². The van der Waals surface area contributed by atoms with Crippen molar-refractivity contribution in [2.45, 2.75) is 43.9 Å². The van der Waals surface area contributed by atoms with Crippen molar-refractivity contribution in [1.82, 2.24) is 9.88 Å². The summed E-state index contributed by atoms with van der Waals surface area (Å²) in [6.45, 7) is 11.6. The number of thiazole rings is 1. The van der Waals surface area contributed by atoms with Gasteiger partial charge in [-0.25, -0.2) is 4.98 Å². The molecule has 2 aliphatic rings. The van der Waals surface area contributed by atoms with E-state index in [9.17, 15) is 14.4 Å². The number of amides is 3. The topological polar surface area (TPSA) is 113 Å². The fourth-order valence-corrected chi connectivity index (χ4v) is 5.85. The normalized spacial score (nSPS) is 17.9. The zero-order chi connectivity index (χ0) is 27.3. The molecular formula is C27H33N5O4S2. The summed E-state index contributed by atoms with van der Waals surface area (Å²) in [5.74, 6) is 0.760. The fraction of sp³-hybridized carbons (Fsp3) is 0.444. The molecule has 1 atom stereocenters. The smallest absolute Gasteiger partial charge is 0.253 e. The summed E-state index contributed by atoms with van der Waals surface area (Å²) >= 11 is 3.04. The van der Waals surface area contributed by atoms with Crippen LogP contribution in [0.15, 0.2) is 52.3 Å². The third-order valence-corrected chi connectivity index (χ3v) is 8.56. The first-order valence-electron chi connectivity index (χ1n) is 12.5. The standard InChI is InChI=1S/C27H33N5O4S2/c1-5-21(33)30-19-8-6-18(7-9-19)25(35)32-12-10-17(11-13-32)24(34)31-26-29-15-23(38-26)37-16-22-28-14-20(36-22)27(2,3)4/h5-9,15,17,20H,1,10-14,16H2,2-4H3,(H,30,33)(H,29,31,34). The van der Waals surface area contributed by atoms with Gasteiger partial charge in [-0.2, -0.15) is 0 Å². The van der Waals surface area contributed by atoms with Gasteiger partial charge in [-0.15, -0.1) is 11.8 Å². The molecule has 1 unspecified atom stereocenters. The minimum atomic E-state index is -0.305. The zero-order valence-electron chi connectivity index (χ0n) is 21.9. The van der Waals surface area contributed by atoms with Crippen molar-refractivity contribution in [3.8, 4) is 0 Å². The molecule has 9 nitrogen and oxygen atoms in total. The minimum Gasteiger partial charge on any atom is -0.475 e. The highest BCUT2D eigenvalue weighted by Crippen LogP contribution is 2.32. The van der Waals surface area contributed by atoms with Gasteiger partial charge in [0.1, 0.15) is 6.10 Å².